The number of carbonyl (C=O) groups excluding carboxylic acids is 2. The highest BCUT2D eigenvalue weighted by Crippen LogP contribution is 2.30. The van der Waals surface area contributed by atoms with Crippen LogP contribution in [0, 0.1) is 5.82 Å². The predicted molar refractivity (Wildman–Crippen MR) is 113 cm³/mol. The van der Waals surface area contributed by atoms with Crippen LogP contribution in [0.15, 0.2) is 60.7 Å². The first-order valence-corrected chi connectivity index (χ1v) is 9.19. The second-order valence-corrected chi connectivity index (χ2v) is 6.58. The minimum atomic E-state index is -0.732. The highest BCUT2D eigenvalue weighted by molar-refractivity contribution is 6.31. The van der Waals surface area contributed by atoms with E-state index in [2.05, 4.69) is 10.6 Å². The molecule has 3 aromatic carbocycles. The Balaban J connectivity index is 1.84. The van der Waals surface area contributed by atoms with Crippen molar-refractivity contribution in [1.29, 1.82) is 0 Å². The molecule has 0 radical (unpaired) electrons. The van der Waals surface area contributed by atoms with Crippen LogP contribution in [0.1, 0.15) is 20.7 Å². The summed E-state index contributed by atoms with van der Waals surface area (Å²) in [5, 5.41) is 5.04. The van der Waals surface area contributed by atoms with Gasteiger partial charge in [-0.2, -0.15) is 0 Å². The highest BCUT2D eigenvalue weighted by atomic mass is 35.5. The number of carbonyl (C=O) groups is 2. The molecule has 6 nitrogen and oxygen atoms in total. The van der Waals surface area contributed by atoms with Crippen molar-refractivity contribution in [2.24, 2.45) is 0 Å². The Kier molecular flexibility index (Phi) is 6.54. The van der Waals surface area contributed by atoms with Gasteiger partial charge in [0, 0.05) is 17.2 Å². The molecule has 0 spiro atoms. The van der Waals surface area contributed by atoms with Gasteiger partial charge < -0.3 is 20.1 Å². The van der Waals surface area contributed by atoms with Gasteiger partial charge in [0.25, 0.3) is 11.8 Å². The van der Waals surface area contributed by atoms with Crippen LogP contribution >= 0.6 is 11.6 Å². The molecule has 3 rings (SSSR count). The summed E-state index contributed by atoms with van der Waals surface area (Å²) >= 11 is 5.87. The van der Waals surface area contributed by atoms with Crippen molar-refractivity contribution in [1.82, 2.24) is 0 Å². The van der Waals surface area contributed by atoms with Crippen LogP contribution in [0.2, 0.25) is 5.02 Å². The van der Waals surface area contributed by atoms with Gasteiger partial charge in [0.15, 0.2) is 0 Å². The monoisotopic (exact) mass is 428 g/mol. The van der Waals surface area contributed by atoms with Crippen molar-refractivity contribution in [2.75, 3.05) is 24.9 Å². The van der Waals surface area contributed by atoms with Gasteiger partial charge in [-0.15, -0.1) is 0 Å². The van der Waals surface area contributed by atoms with Gasteiger partial charge in [0.1, 0.15) is 17.3 Å². The van der Waals surface area contributed by atoms with Crippen LogP contribution in [0.4, 0.5) is 15.8 Å². The van der Waals surface area contributed by atoms with Crippen LogP contribution in [-0.4, -0.2) is 26.0 Å². The van der Waals surface area contributed by atoms with Gasteiger partial charge in [-0.3, -0.25) is 9.59 Å². The lowest BCUT2D eigenvalue weighted by molar-refractivity contribution is 0.101. The Labute approximate surface area is 177 Å². The lowest BCUT2D eigenvalue weighted by Gasteiger charge is -2.14. The Bertz CT molecular complexity index is 983. The molecule has 0 saturated heterocycles. The molecule has 8 heteroatoms. The number of ether oxygens (including phenoxy) is 2. The zero-order chi connectivity index (χ0) is 21.7. The average molecular weight is 429 g/mol. The number of rotatable bonds is 6. The average Bonchev–Trinajstić information content (AvgIpc) is 2.77. The molecule has 0 unspecified atom stereocenters. The zero-order valence-corrected chi connectivity index (χ0v) is 16.9. The summed E-state index contributed by atoms with van der Waals surface area (Å²) < 4.78 is 24.2. The molecule has 0 heterocycles. The number of nitrogens with one attached hydrogen (secondary N) is 2. The molecule has 3 aromatic rings. The maximum atomic E-state index is 14.0. The first kappa shape index (κ1) is 21.1. The van der Waals surface area contributed by atoms with Crippen molar-refractivity contribution in [3.63, 3.8) is 0 Å². The van der Waals surface area contributed by atoms with E-state index in [-0.39, 0.29) is 16.4 Å². The second kappa shape index (κ2) is 9.28. The minimum Gasteiger partial charge on any atom is -0.497 e. The van der Waals surface area contributed by atoms with Crippen molar-refractivity contribution >= 4 is 34.8 Å². The normalized spacial score (nSPS) is 10.3. The number of halogens is 2. The Morgan fingerprint density at radius 3 is 1.57 bits per heavy atom. The SMILES string of the molecule is COc1ccc(C(=O)Nc2cc(F)c(Cl)cc2NC(=O)c2ccc(OC)cc2)cc1. The van der Waals surface area contributed by atoms with E-state index in [1.807, 2.05) is 0 Å². The second-order valence-electron chi connectivity index (χ2n) is 6.18. The van der Waals surface area contributed by atoms with Crippen LogP contribution in [0.5, 0.6) is 11.5 Å². The molecule has 0 atom stereocenters. The molecular weight excluding hydrogens is 411 g/mol. The summed E-state index contributed by atoms with van der Waals surface area (Å²) in [6.45, 7) is 0. The first-order valence-electron chi connectivity index (χ1n) is 8.81. The predicted octanol–water partition coefficient (Wildman–Crippen LogP) is 5.00. The van der Waals surface area contributed by atoms with Gasteiger partial charge in [0.05, 0.1) is 30.6 Å². The molecule has 0 aromatic heterocycles. The molecule has 30 heavy (non-hydrogen) atoms. The molecule has 0 fully saturated rings. The lowest BCUT2D eigenvalue weighted by atomic mass is 10.1. The standard InChI is InChI=1S/C22H18ClFN2O4/c1-29-15-7-3-13(4-8-15)21(27)25-19-11-17(23)18(24)12-20(19)26-22(28)14-5-9-16(30-2)10-6-14/h3-12H,1-2H3,(H,25,27)(H,26,28). The van der Waals surface area contributed by atoms with Crippen molar-refractivity contribution < 1.29 is 23.5 Å². The minimum absolute atomic E-state index is 0.0691. The number of anilines is 2. The smallest absolute Gasteiger partial charge is 0.255 e. The van der Waals surface area contributed by atoms with Gasteiger partial charge in [-0.05, 0) is 54.6 Å². The fraction of sp³-hybridized carbons (Fsp3) is 0.0909. The maximum absolute atomic E-state index is 14.0. The molecule has 0 saturated carbocycles. The van der Waals surface area contributed by atoms with E-state index in [1.54, 1.807) is 48.5 Å². The fourth-order valence-electron chi connectivity index (χ4n) is 2.63. The first-order chi connectivity index (χ1) is 14.4. The third-order valence-corrected chi connectivity index (χ3v) is 4.55. The lowest BCUT2D eigenvalue weighted by Crippen LogP contribution is -2.17. The highest BCUT2D eigenvalue weighted by Gasteiger charge is 2.16. The summed E-state index contributed by atoms with van der Waals surface area (Å²) in [7, 11) is 3.04. The van der Waals surface area contributed by atoms with Gasteiger partial charge in [0.2, 0.25) is 0 Å². The number of hydrogen-bond donors (Lipinski definition) is 2. The maximum Gasteiger partial charge on any atom is 0.255 e. The van der Waals surface area contributed by atoms with E-state index < -0.39 is 17.6 Å². The molecule has 2 amide bonds. The number of methoxy groups -OCH3 is 2. The van der Waals surface area contributed by atoms with Gasteiger partial charge in [-0.1, -0.05) is 11.6 Å². The van der Waals surface area contributed by atoms with Crippen LogP contribution in [0.3, 0.4) is 0 Å². The fourth-order valence-corrected chi connectivity index (χ4v) is 2.79. The van der Waals surface area contributed by atoms with Crippen molar-refractivity contribution in [3.8, 4) is 11.5 Å². The summed E-state index contributed by atoms with van der Waals surface area (Å²) in [5.74, 6) is -0.482. The van der Waals surface area contributed by atoms with Crippen molar-refractivity contribution in [3.05, 3.63) is 82.6 Å². The molecule has 0 aliphatic rings. The molecule has 154 valence electrons. The van der Waals surface area contributed by atoms with Crippen LogP contribution in [-0.2, 0) is 0 Å². The quantitative estimate of drug-likeness (QED) is 0.579. The molecule has 0 aliphatic heterocycles. The summed E-state index contributed by atoms with van der Waals surface area (Å²) in [5.41, 5.74) is 0.908. The molecular formula is C22H18ClFN2O4. The van der Waals surface area contributed by atoms with E-state index in [4.69, 9.17) is 21.1 Å². The van der Waals surface area contributed by atoms with E-state index >= 15 is 0 Å². The third kappa shape index (κ3) is 4.87. The van der Waals surface area contributed by atoms with E-state index in [0.717, 1.165) is 6.07 Å². The third-order valence-electron chi connectivity index (χ3n) is 4.26. The number of hydrogen-bond acceptors (Lipinski definition) is 4. The zero-order valence-electron chi connectivity index (χ0n) is 16.2. The molecule has 2 N–H and O–H groups in total. The van der Waals surface area contributed by atoms with E-state index in [1.165, 1.54) is 20.3 Å². The van der Waals surface area contributed by atoms with E-state index in [9.17, 15) is 14.0 Å². The molecule has 0 aliphatic carbocycles. The van der Waals surface area contributed by atoms with Crippen LogP contribution in [0.25, 0.3) is 0 Å². The Morgan fingerprint density at radius 2 is 1.17 bits per heavy atom. The molecule has 0 bridgehead atoms. The summed E-state index contributed by atoms with van der Waals surface area (Å²) in [6, 6.07) is 15.1. The van der Waals surface area contributed by atoms with Gasteiger partial charge in [-0.25, -0.2) is 4.39 Å². The summed E-state index contributed by atoms with van der Waals surface area (Å²) in [6.07, 6.45) is 0. The van der Waals surface area contributed by atoms with E-state index in [0.29, 0.717) is 22.6 Å². The Morgan fingerprint density at radius 1 is 0.767 bits per heavy atom. The topological polar surface area (TPSA) is 76.7 Å². The Hall–Kier alpha value is -3.58. The summed E-state index contributed by atoms with van der Waals surface area (Å²) in [4.78, 5) is 25.1. The van der Waals surface area contributed by atoms with Crippen LogP contribution < -0.4 is 20.1 Å². The number of benzene rings is 3. The van der Waals surface area contributed by atoms with Crippen molar-refractivity contribution in [2.45, 2.75) is 0 Å². The van der Waals surface area contributed by atoms with Gasteiger partial charge >= 0.3 is 0 Å². The number of amides is 2. The largest absolute Gasteiger partial charge is 0.497 e.